The molecule has 0 aliphatic carbocycles. The number of allylic oxidation sites excluding steroid dienone is 16. The number of hydrogen-bond donors (Lipinski definition) is 0. The first-order chi connectivity index (χ1) is 38.0. The van der Waals surface area contributed by atoms with Crippen LogP contribution in [0.1, 0.15) is 316 Å². The molecule has 0 saturated carbocycles. The lowest BCUT2D eigenvalue weighted by molar-refractivity contribution is -0.167. The zero-order chi connectivity index (χ0) is 55.7. The second kappa shape index (κ2) is 64.9. The van der Waals surface area contributed by atoms with Gasteiger partial charge in [-0.2, -0.15) is 0 Å². The average molecular weight is 1070 g/mol. The topological polar surface area (TPSA) is 78.9 Å². The maximum absolute atomic E-state index is 12.9. The Bertz CT molecular complexity index is 1510. The van der Waals surface area contributed by atoms with E-state index in [0.29, 0.717) is 19.3 Å². The van der Waals surface area contributed by atoms with Crippen LogP contribution < -0.4 is 0 Å². The maximum atomic E-state index is 12.9. The van der Waals surface area contributed by atoms with Crippen molar-refractivity contribution in [2.45, 2.75) is 322 Å². The number of esters is 3. The molecule has 0 aromatic heterocycles. The van der Waals surface area contributed by atoms with E-state index in [4.69, 9.17) is 14.2 Å². The van der Waals surface area contributed by atoms with E-state index in [0.717, 1.165) is 116 Å². The van der Waals surface area contributed by atoms with E-state index < -0.39 is 6.10 Å². The highest BCUT2D eigenvalue weighted by atomic mass is 16.6. The predicted octanol–water partition coefficient (Wildman–Crippen LogP) is 22.4. The van der Waals surface area contributed by atoms with Gasteiger partial charge >= 0.3 is 17.9 Å². The van der Waals surface area contributed by atoms with Crippen molar-refractivity contribution in [1.82, 2.24) is 0 Å². The summed E-state index contributed by atoms with van der Waals surface area (Å²) in [5.74, 6) is -0.899. The molecule has 0 amide bonds. The van der Waals surface area contributed by atoms with Gasteiger partial charge in [-0.1, -0.05) is 272 Å². The van der Waals surface area contributed by atoms with E-state index in [9.17, 15) is 14.4 Å². The van der Waals surface area contributed by atoms with Crippen LogP contribution in [0.25, 0.3) is 0 Å². The summed E-state index contributed by atoms with van der Waals surface area (Å²) in [7, 11) is 0. The lowest BCUT2D eigenvalue weighted by atomic mass is 10.0. The minimum absolute atomic E-state index is 0.0858. The first-order valence-corrected chi connectivity index (χ1v) is 32.7. The fourth-order valence-electron chi connectivity index (χ4n) is 9.14. The highest BCUT2D eigenvalue weighted by Crippen LogP contribution is 2.16. The zero-order valence-corrected chi connectivity index (χ0v) is 50.7. The van der Waals surface area contributed by atoms with E-state index in [-0.39, 0.29) is 31.1 Å². The molecule has 6 nitrogen and oxygen atoms in total. The van der Waals surface area contributed by atoms with Crippen LogP contribution in [0.2, 0.25) is 0 Å². The minimum Gasteiger partial charge on any atom is -0.462 e. The third kappa shape index (κ3) is 63.0. The van der Waals surface area contributed by atoms with E-state index in [1.165, 1.54) is 161 Å². The molecule has 0 heterocycles. The summed E-state index contributed by atoms with van der Waals surface area (Å²) < 4.78 is 16.9. The molecule has 77 heavy (non-hydrogen) atoms. The fraction of sp³-hybridized carbons (Fsp3) is 0.732. The van der Waals surface area contributed by atoms with Gasteiger partial charge in [-0.05, 0) is 122 Å². The Balaban J connectivity index is 4.38. The summed E-state index contributed by atoms with van der Waals surface area (Å²) in [6.07, 6.45) is 86.9. The van der Waals surface area contributed by atoms with Gasteiger partial charge in [0.25, 0.3) is 0 Å². The fourth-order valence-corrected chi connectivity index (χ4v) is 9.14. The van der Waals surface area contributed by atoms with Crippen LogP contribution in [-0.4, -0.2) is 37.2 Å². The van der Waals surface area contributed by atoms with Crippen LogP contribution in [0.15, 0.2) is 97.2 Å². The Labute approximate surface area is 477 Å². The molecule has 0 saturated heterocycles. The third-order valence-electron chi connectivity index (χ3n) is 14.0. The molecule has 0 fully saturated rings. The van der Waals surface area contributed by atoms with Crippen molar-refractivity contribution in [1.29, 1.82) is 0 Å². The van der Waals surface area contributed by atoms with E-state index >= 15 is 0 Å². The van der Waals surface area contributed by atoms with E-state index in [2.05, 4.69) is 118 Å². The van der Waals surface area contributed by atoms with Crippen molar-refractivity contribution in [3.63, 3.8) is 0 Å². The van der Waals surface area contributed by atoms with Gasteiger partial charge in [-0.15, -0.1) is 0 Å². The smallest absolute Gasteiger partial charge is 0.306 e. The molecule has 1 unspecified atom stereocenters. The summed E-state index contributed by atoms with van der Waals surface area (Å²) in [4.78, 5) is 38.4. The van der Waals surface area contributed by atoms with Gasteiger partial charge in [0.2, 0.25) is 0 Å². The summed E-state index contributed by atoms with van der Waals surface area (Å²) in [6.45, 7) is 6.50. The van der Waals surface area contributed by atoms with Crippen LogP contribution in [-0.2, 0) is 28.6 Å². The van der Waals surface area contributed by atoms with Crippen molar-refractivity contribution in [3.05, 3.63) is 97.2 Å². The zero-order valence-electron chi connectivity index (χ0n) is 50.7. The normalized spacial score (nSPS) is 12.7. The minimum atomic E-state index is -0.791. The number of ether oxygens (including phenoxy) is 3. The van der Waals surface area contributed by atoms with Crippen LogP contribution >= 0.6 is 0 Å². The predicted molar refractivity (Wildman–Crippen MR) is 334 cm³/mol. The molecule has 6 heteroatoms. The van der Waals surface area contributed by atoms with E-state index in [1.54, 1.807) is 0 Å². The molecule has 1 atom stereocenters. The molecule has 442 valence electrons. The molecule has 0 bridgehead atoms. The molecule has 0 aromatic rings. The summed E-state index contributed by atoms with van der Waals surface area (Å²) in [5.41, 5.74) is 0. The lowest BCUT2D eigenvalue weighted by Gasteiger charge is -2.18. The molecular formula is C71H122O6. The molecule has 0 rings (SSSR count). The first kappa shape index (κ1) is 73.3. The molecule has 0 aliphatic heterocycles. The van der Waals surface area contributed by atoms with E-state index in [1.807, 2.05) is 0 Å². The van der Waals surface area contributed by atoms with Gasteiger partial charge in [-0.3, -0.25) is 14.4 Å². The third-order valence-corrected chi connectivity index (χ3v) is 14.0. The quantitative estimate of drug-likeness (QED) is 0.0261. The van der Waals surface area contributed by atoms with Crippen LogP contribution in [0.4, 0.5) is 0 Å². The van der Waals surface area contributed by atoms with Gasteiger partial charge in [0.15, 0.2) is 6.10 Å². The van der Waals surface area contributed by atoms with Crippen LogP contribution in [0, 0.1) is 0 Å². The van der Waals surface area contributed by atoms with Gasteiger partial charge < -0.3 is 14.2 Å². The monoisotopic (exact) mass is 1070 g/mol. The molecular weight excluding hydrogens is 949 g/mol. The largest absolute Gasteiger partial charge is 0.462 e. The molecule has 0 aromatic carbocycles. The van der Waals surface area contributed by atoms with Crippen molar-refractivity contribution in [2.75, 3.05) is 13.2 Å². The Kier molecular flexibility index (Phi) is 61.8. The van der Waals surface area contributed by atoms with Crippen molar-refractivity contribution >= 4 is 17.9 Å². The highest BCUT2D eigenvalue weighted by Gasteiger charge is 2.19. The van der Waals surface area contributed by atoms with Crippen molar-refractivity contribution < 1.29 is 28.6 Å². The molecule has 0 spiro atoms. The van der Waals surface area contributed by atoms with Crippen molar-refractivity contribution in [2.24, 2.45) is 0 Å². The Morgan fingerprint density at radius 2 is 0.506 bits per heavy atom. The Morgan fingerprint density at radius 1 is 0.273 bits per heavy atom. The number of carbonyl (C=O) groups is 3. The lowest BCUT2D eigenvalue weighted by Crippen LogP contribution is -2.30. The van der Waals surface area contributed by atoms with Crippen LogP contribution in [0.5, 0.6) is 0 Å². The van der Waals surface area contributed by atoms with Gasteiger partial charge in [0.1, 0.15) is 13.2 Å². The summed E-state index contributed by atoms with van der Waals surface area (Å²) >= 11 is 0. The molecule has 0 aliphatic rings. The van der Waals surface area contributed by atoms with Gasteiger partial charge in [0, 0.05) is 19.3 Å². The second-order valence-corrected chi connectivity index (χ2v) is 21.6. The van der Waals surface area contributed by atoms with Crippen LogP contribution in [0.3, 0.4) is 0 Å². The highest BCUT2D eigenvalue weighted by molar-refractivity contribution is 5.71. The van der Waals surface area contributed by atoms with Gasteiger partial charge in [0.05, 0.1) is 0 Å². The summed E-state index contributed by atoms with van der Waals surface area (Å²) in [5, 5.41) is 0. The number of hydrogen-bond acceptors (Lipinski definition) is 6. The summed E-state index contributed by atoms with van der Waals surface area (Å²) in [6, 6.07) is 0. The average Bonchev–Trinajstić information content (AvgIpc) is 3.43. The number of carbonyl (C=O) groups excluding carboxylic acids is 3. The van der Waals surface area contributed by atoms with Gasteiger partial charge in [-0.25, -0.2) is 0 Å². The Morgan fingerprint density at radius 3 is 0.818 bits per heavy atom. The maximum Gasteiger partial charge on any atom is 0.306 e. The molecule has 0 radical (unpaired) electrons. The number of rotatable bonds is 59. The second-order valence-electron chi connectivity index (χ2n) is 21.6. The number of unbranched alkanes of at least 4 members (excludes halogenated alkanes) is 32. The Hall–Kier alpha value is -3.67. The molecule has 0 N–H and O–H groups in total. The SMILES string of the molecule is CC/C=C\C/C=C\C/C=C\C/C=C\CCCCCCCCCCC(=O)OC(COC(=O)CCCCCCC/C=C\C/C=C\CCCCC)COC(=O)CCCCCCCCCCCCC/C=C\C/C=C\CCCCCCC. The first-order valence-electron chi connectivity index (χ1n) is 32.7. The standard InChI is InChI=1S/C71H122O6/c1-4-7-10-13-16-19-22-25-28-30-32-34-35-37-38-40-43-46-49-52-55-58-61-64-70(73)76-67-68(66-75-69(72)63-60-57-54-51-48-45-42-27-24-21-18-15-12-9-6-3)77-71(74)65-62-59-56-53-50-47-44-41-39-36-33-31-29-26-23-20-17-14-11-8-5-2/h8,11,17-18,20-22,25-27,29-30,32-33,36,42,68H,4-7,9-10,12-16,19,23-24,28,31,34-35,37-41,43-67H2,1-3H3/b11-8-,20-17-,21-18-,25-22-,29-26-,32-30-,36-33-,42-27-. The van der Waals surface area contributed by atoms with Crippen molar-refractivity contribution in [3.8, 4) is 0 Å².